The number of H-pyrrole nitrogens is 1. The minimum Gasteiger partial charge on any atom is -0.497 e. The largest absolute Gasteiger partial charge is 0.497 e. The summed E-state index contributed by atoms with van der Waals surface area (Å²) in [6.07, 6.45) is 0. The van der Waals surface area contributed by atoms with E-state index in [1.807, 2.05) is 12.1 Å². The van der Waals surface area contributed by atoms with E-state index in [0.29, 0.717) is 11.0 Å². The fourth-order valence-corrected chi connectivity index (χ4v) is 2.79. The summed E-state index contributed by atoms with van der Waals surface area (Å²) in [5.41, 5.74) is 0.529. The molecule has 0 amide bonds. The zero-order valence-corrected chi connectivity index (χ0v) is 13.9. The Balaban J connectivity index is 1.67. The number of ether oxygens (including phenoxy) is 1. The normalized spacial score (nSPS) is 10.7. The number of thioether (sulfide) groups is 1. The molecule has 3 rings (SSSR count). The summed E-state index contributed by atoms with van der Waals surface area (Å²) in [7, 11) is 1.58. The number of aromatic amines is 1. The third-order valence-corrected chi connectivity index (χ3v) is 4.24. The van der Waals surface area contributed by atoms with Crippen LogP contribution in [0.25, 0.3) is 11.4 Å². The van der Waals surface area contributed by atoms with E-state index in [9.17, 15) is 13.6 Å². The second-order valence-electron chi connectivity index (χ2n) is 5.03. The second-order valence-corrected chi connectivity index (χ2v) is 5.97. The first-order valence-electron chi connectivity index (χ1n) is 7.24. The smallest absolute Gasteiger partial charge is 0.209 e. The number of carbonyl (C=O) groups is 1. The molecule has 5 nitrogen and oxygen atoms in total. The monoisotopic (exact) mass is 361 g/mol. The quantitative estimate of drug-likeness (QED) is 0.535. The van der Waals surface area contributed by atoms with E-state index >= 15 is 0 Å². The summed E-state index contributed by atoms with van der Waals surface area (Å²) < 4.78 is 31.8. The van der Waals surface area contributed by atoms with Crippen molar-refractivity contribution in [2.45, 2.75) is 5.16 Å². The van der Waals surface area contributed by atoms with Crippen LogP contribution in [0, 0.1) is 11.6 Å². The minimum absolute atomic E-state index is 0.0969. The second kappa shape index (κ2) is 7.43. The number of hydrogen-bond acceptors (Lipinski definition) is 5. The van der Waals surface area contributed by atoms with Crippen molar-refractivity contribution in [2.24, 2.45) is 0 Å². The van der Waals surface area contributed by atoms with Gasteiger partial charge in [-0.05, 0) is 42.5 Å². The maximum atomic E-state index is 13.6. The highest BCUT2D eigenvalue weighted by molar-refractivity contribution is 7.99. The molecule has 128 valence electrons. The fourth-order valence-electron chi connectivity index (χ4n) is 2.11. The number of methoxy groups -OCH3 is 1. The van der Waals surface area contributed by atoms with Crippen LogP contribution in [0.5, 0.6) is 5.75 Å². The number of aromatic nitrogens is 3. The molecule has 3 aromatic rings. The SMILES string of the molecule is COc1ccc(-c2nc(SCC(=O)c3cc(F)ccc3F)n[nH]2)cc1. The number of hydrogen-bond donors (Lipinski definition) is 1. The zero-order chi connectivity index (χ0) is 17.8. The van der Waals surface area contributed by atoms with Crippen LogP contribution in [0.3, 0.4) is 0 Å². The number of nitrogens with zero attached hydrogens (tertiary/aromatic N) is 2. The van der Waals surface area contributed by atoms with Gasteiger partial charge in [0.25, 0.3) is 0 Å². The third kappa shape index (κ3) is 4.03. The number of rotatable bonds is 6. The van der Waals surface area contributed by atoms with E-state index in [-0.39, 0.29) is 11.3 Å². The van der Waals surface area contributed by atoms with Crippen LogP contribution < -0.4 is 4.74 Å². The molecular formula is C17H13F2N3O2S. The van der Waals surface area contributed by atoms with Crippen molar-refractivity contribution in [1.82, 2.24) is 15.2 Å². The maximum Gasteiger partial charge on any atom is 0.209 e. The summed E-state index contributed by atoms with van der Waals surface area (Å²) in [5.74, 6) is -0.774. The molecule has 0 saturated heterocycles. The molecule has 2 aromatic carbocycles. The Hall–Kier alpha value is -2.74. The third-order valence-electron chi connectivity index (χ3n) is 3.39. The van der Waals surface area contributed by atoms with Crippen molar-refractivity contribution < 1.29 is 18.3 Å². The van der Waals surface area contributed by atoms with Crippen LogP contribution in [0.4, 0.5) is 8.78 Å². The van der Waals surface area contributed by atoms with Crippen molar-refractivity contribution in [3.05, 3.63) is 59.7 Å². The molecule has 0 radical (unpaired) electrons. The van der Waals surface area contributed by atoms with Gasteiger partial charge in [-0.1, -0.05) is 11.8 Å². The minimum atomic E-state index is -0.749. The summed E-state index contributed by atoms with van der Waals surface area (Å²) in [6, 6.07) is 10.0. The molecule has 1 heterocycles. The summed E-state index contributed by atoms with van der Waals surface area (Å²) in [6.45, 7) is 0. The van der Waals surface area contributed by atoms with Gasteiger partial charge in [-0.3, -0.25) is 9.89 Å². The van der Waals surface area contributed by atoms with Crippen molar-refractivity contribution in [3.8, 4) is 17.1 Å². The number of Topliss-reactive ketones (excluding diaryl/α,β-unsaturated/α-hetero) is 1. The van der Waals surface area contributed by atoms with E-state index in [2.05, 4.69) is 15.2 Å². The van der Waals surface area contributed by atoms with Gasteiger partial charge < -0.3 is 4.74 Å². The Kier molecular flexibility index (Phi) is 5.08. The van der Waals surface area contributed by atoms with Gasteiger partial charge in [0, 0.05) is 5.56 Å². The van der Waals surface area contributed by atoms with Crippen LogP contribution in [0.1, 0.15) is 10.4 Å². The van der Waals surface area contributed by atoms with Crippen molar-refractivity contribution in [3.63, 3.8) is 0 Å². The molecule has 0 atom stereocenters. The molecule has 0 spiro atoms. The molecule has 8 heteroatoms. The average molecular weight is 361 g/mol. The van der Waals surface area contributed by atoms with Crippen LogP contribution >= 0.6 is 11.8 Å². The van der Waals surface area contributed by atoms with Crippen molar-refractivity contribution in [1.29, 1.82) is 0 Å². The van der Waals surface area contributed by atoms with Crippen LogP contribution in [0.2, 0.25) is 0 Å². The number of benzene rings is 2. The van der Waals surface area contributed by atoms with Crippen LogP contribution in [-0.4, -0.2) is 33.8 Å². The van der Waals surface area contributed by atoms with Gasteiger partial charge in [-0.25, -0.2) is 13.8 Å². The molecule has 0 aliphatic heterocycles. The molecule has 0 fully saturated rings. The Morgan fingerprint density at radius 1 is 1.20 bits per heavy atom. The van der Waals surface area contributed by atoms with Gasteiger partial charge >= 0.3 is 0 Å². The molecule has 25 heavy (non-hydrogen) atoms. The van der Waals surface area contributed by atoms with Gasteiger partial charge in [0.05, 0.1) is 18.4 Å². The lowest BCUT2D eigenvalue weighted by molar-refractivity contribution is 0.101. The first-order valence-corrected chi connectivity index (χ1v) is 8.23. The van der Waals surface area contributed by atoms with Gasteiger partial charge in [-0.2, -0.15) is 0 Å². The average Bonchev–Trinajstić information content (AvgIpc) is 3.11. The summed E-state index contributed by atoms with van der Waals surface area (Å²) >= 11 is 1.04. The van der Waals surface area contributed by atoms with E-state index < -0.39 is 17.4 Å². The van der Waals surface area contributed by atoms with E-state index in [4.69, 9.17) is 4.74 Å². The van der Waals surface area contributed by atoms with E-state index in [1.54, 1.807) is 19.2 Å². The molecule has 1 aromatic heterocycles. The lowest BCUT2D eigenvalue weighted by atomic mass is 10.1. The fraction of sp³-hybridized carbons (Fsp3) is 0.118. The first kappa shape index (κ1) is 17.1. The number of halogens is 2. The van der Waals surface area contributed by atoms with Gasteiger partial charge in [0.1, 0.15) is 17.4 Å². The molecular weight excluding hydrogens is 348 g/mol. The maximum absolute atomic E-state index is 13.6. The Labute approximate surface area is 146 Å². The van der Waals surface area contributed by atoms with Gasteiger partial charge in [-0.15, -0.1) is 5.10 Å². The van der Waals surface area contributed by atoms with E-state index in [0.717, 1.165) is 41.3 Å². The first-order chi connectivity index (χ1) is 12.1. The lowest BCUT2D eigenvalue weighted by Gasteiger charge is -2.01. The topological polar surface area (TPSA) is 67.9 Å². The van der Waals surface area contributed by atoms with Crippen LogP contribution in [0.15, 0.2) is 47.6 Å². The highest BCUT2D eigenvalue weighted by Gasteiger charge is 2.15. The zero-order valence-electron chi connectivity index (χ0n) is 13.1. The number of carbonyl (C=O) groups excluding carboxylic acids is 1. The molecule has 0 unspecified atom stereocenters. The lowest BCUT2D eigenvalue weighted by Crippen LogP contribution is -2.06. The number of ketones is 1. The highest BCUT2D eigenvalue weighted by Crippen LogP contribution is 2.22. The van der Waals surface area contributed by atoms with Gasteiger partial charge in [0.15, 0.2) is 11.6 Å². The summed E-state index contributed by atoms with van der Waals surface area (Å²) in [4.78, 5) is 16.3. The standard InChI is InChI=1S/C17H13F2N3O2S/c1-24-12-5-2-10(3-6-12)16-20-17(22-21-16)25-9-15(23)13-8-11(18)4-7-14(13)19/h2-8H,9H2,1H3,(H,20,21,22). The molecule has 1 N–H and O–H groups in total. The van der Waals surface area contributed by atoms with Crippen molar-refractivity contribution in [2.75, 3.05) is 12.9 Å². The molecule has 0 aliphatic carbocycles. The van der Waals surface area contributed by atoms with Crippen LogP contribution in [-0.2, 0) is 0 Å². The van der Waals surface area contributed by atoms with E-state index in [1.165, 1.54) is 0 Å². The predicted molar refractivity (Wildman–Crippen MR) is 89.8 cm³/mol. The predicted octanol–water partition coefficient (Wildman–Crippen LogP) is 3.73. The Morgan fingerprint density at radius 3 is 2.68 bits per heavy atom. The van der Waals surface area contributed by atoms with Crippen molar-refractivity contribution >= 4 is 17.5 Å². The highest BCUT2D eigenvalue weighted by atomic mass is 32.2. The Morgan fingerprint density at radius 2 is 1.96 bits per heavy atom. The Bertz CT molecular complexity index is 897. The summed E-state index contributed by atoms with van der Waals surface area (Å²) in [5, 5.41) is 7.14. The van der Waals surface area contributed by atoms with Gasteiger partial charge in [0.2, 0.25) is 5.16 Å². The number of nitrogens with one attached hydrogen (secondary N) is 1. The molecule has 0 saturated carbocycles. The molecule has 0 aliphatic rings. The molecule has 0 bridgehead atoms.